The number of halogens is 1. The highest BCUT2D eigenvalue weighted by Gasteiger charge is 2.33. The smallest absolute Gasteiger partial charge is 0.229 e. The number of nitrogens with zero attached hydrogens (tertiary/aromatic N) is 3. The lowest BCUT2D eigenvalue weighted by molar-refractivity contribution is 0.229. The van der Waals surface area contributed by atoms with E-state index in [1.807, 2.05) is 4.90 Å². The van der Waals surface area contributed by atoms with Crippen LogP contribution in [0.4, 0.5) is 4.39 Å². The lowest BCUT2D eigenvalue weighted by Gasteiger charge is -2.20. The Bertz CT molecular complexity index is 393. The maximum atomic E-state index is 13.3. The van der Waals surface area contributed by atoms with E-state index in [0.717, 1.165) is 18.7 Å². The van der Waals surface area contributed by atoms with Crippen LogP contribution in [0.1, 0.15) is 36.9 Å². The predicted octanol–water partition coefficient (Wildman–Crippen LogP) is 0.818. The zero-order valence-electron chi connectivity index (χ0n) is 9.68. The molecule has 1 aromatic rings. The molecule has 0 aromatic carbocycles. The molecule has 5 nitrogen and oxygen atoms in total. The van der Waals surface area contributed by atoms with E-state index in [2.05, 4.69) is 10.1 Å². The normalized spacial score (nSPS) is 30.0. The van der Waals surface area contributed by atoms with Crippen LogP contribution in [0.15, 0.2) is 4.52 Å². The predicted molar refractivity (Wildman–Crippen MR) is 59.0 cm³/mol. The number of hydrogen-bond acceptors (Lipinski definition) is 5. The van der Waals surface area contributed by atoms with Gasteiger partial charge in [-0.25, -0.2) is 4.39 Å². The summed E-state index contributed by atoms with van der Waals surface area (Å²) >= 11 is 0. The minimum Gasteiger partial charge on any atom is -0.339 e. The van der Waals surface area contributed by atoms with Crippen LogP contribution >= 0.6 is 0 Å². The van der Waals surface area contributed by atoms with Gasteiger partial charge in [0.25, 0.3) is 0 Å². The first kappa shape index (κ1) is 11.1. The molecule has 1 saturated carbocycles. The van der Waals surface area contributed by atoms with Crippen molar-refractivity contribution in [3.05, 3.63) is 11.7 Å². The number of aromatic nitrogens is 2. The van der Waals surface area contributed by atoms with Crippen LogP contribution in [0.3, 0.4) is 0 Å². The minimum atomic E-state index is -0.779. The SMILES string of the molecule is NC[C@@H]1C[C@H](F)CN1Cc1noc(C2CC2)n1. The molecule has 0 spiro atoms. The number of hydrogen-bond donors (Lipinski definition) is 1. The quantitative estimate of drug-likeness (QED) is 0.843. The fourth-order valence-corrected chi connectivity index (χ4v) is 2.37. The van der Waals surface area contributed by atoms with Crippen molar-refractivity contribution in [2.75, 3.05) is 13.1 Å². The topological polar surface area (TPSA) is 68.2 Å². The van der Waals surface area contributed by atoms with E-state index in [1.165, 1.54) is 0 Å². The van der Waals surface area contributed by atoms with Gasteiger partial charge >= 0.3 is 0 Å². The van der Waals surface area contributed by atoms with Gasteiger partial charge in [0, 0.05) is 25.0 Å². The van der Waals surface area contributed by atoms with Crippen molar-refractivity contribution in [1.82, 2.24) is 15.0 Å². The lowest BCUT2D eigenvalue weighted by Crippen LogP contribution is -2.35. The zero-order chi connectivity index (χ0) is 11.8. The van der Waals surface area contributed by atoms with Gasteiger partial charge < -0.3 is 10.3 Å². The second-order valence-electron chi connectivity index (χ2n) is 4.98. The summed E-state index contributed by atoms with van der Waals surface area (Å²) in [6.45, 7) is 1.45. The van der Waals surface area contributed by atoms with Gasteiger partial charge in [0.1, 0.15) is 6.17 Å². The van der Waals surface area contributed by atoms with Crippen molar-refractivity contribution < 1.29 is 8.91 Å². The Morgan fingerprint density at radius 3 is 3.00 bits per heavy atom. The molecule has 0 radical (unpaired) electrons. The van der Waals surface area contributed by atoms with Crippen LogP contribution in [-0.2, 0) is 6.54 Å². The average molecular weight is 240 g/mol. The van der Waals surface area contributed by atoms with E-state index in [-0.39, 0.29) is 6.04 Å². The van der Waals surface area contributed by atoms with Gasteiger partial charge in [0.2, 0.25) is 5.89 Å². The monoisotopic (exact) mass is 240 g/mol. The number of alkyl halides is 1. The maximum absolute atomic E-state index is 13.3. The molecule has 1 aliphatic heterocycles. The third kappa shape index (κ3) is 2.32. The van der Waals surface area contributed by atoms with Crippen molar-refractivity contribution in [2.24, 2.45) is 5.73 Å². The Balaban J connectivity index is 1.64. The molecule has 2 atom stereocenters. The lowest BCUT2D eigenvalue weighted by atomic mass is 10.2. The van der Waals surface area contributed by atoms with Crippen molar-refractivity contribution in [3.8, 4) is 0 Å². The number of rotatable bonds is 4. The molecule has 1 aliphatic carbocycles. The van der Waals surface area contributed by atoms with Crippen LogP contribution in [0, 0.1) is 0 Å². The fraction of sp³-hybridized carbons (Fsp3) is 0.818. The van der Waals surface area contributed by atoms with Gasteiger partial charge in [-0.15, -0.1) is 0 Å². The van der Waals surface area contributed by atoms with Gasteiger partial charge in [-0.2, -0.15) is 4.98 Å². The highest BCUT2D eigenvalue weighted by atomic mass is 19.1. The summed E-state index contributed by atoms with van der Waals surface area (Å²) in [5.74, 6) is 1.86. The molecule has 6 heteroatoms. The summed E-state index contributed by atoms with van der Waals surface area (Å²) in [6, 6.07) is 0.105. The molecule has 2 N–H and O–H groups in total. The van der Waals surface area contributed by atoms with E-state index in [4.69, 9.17) is 10.3 Å². The Morgan fingerprint density at radius 2 is 2.29 bits per heavy atom. The molecule has 1 saturated heterocycles. The van der Waals surface area contributed by atoms with E-state index in [0.29, 0.717) is 37.8 Å². The summed E-state index contributed by atoms with van der Waals surface area (Å²) in [7, 11) is 0. The summed E-state index contributed by atoms with van der Waals surface area (Å²) in [4.78, 5) is 6.35. The van der Waals surface area contributed by atoms with Gasteiger partial charge in [-0.05, 0) is 19.3 Å². The zero-order valence-corrected chi connectivity index (χ0v) is 9.68. The van der Waals surface area contributed by atoms with Crippen LogP contribution in [0.2, 0.25) is 0 Å². The summed E-state index contributed by atoms with van der Waals surface area (Å²) in [5, 5.41) is 3.94. The Morgan fingerprint density at radius 1 is 1.47 bits per heavy atom. The molecule has 1 aromatic heterocycles. The first-order valence-electron chi connectivity index (χ1n) is 6.17. The van der Waals surface area contributed by atoms with E-state index < -0.39 is 6.17 Å². The third-order valence-electron chi connectivity index (χ3n) is 3.50. The van der Waals surface area contributed by atoms with Gasteiger partial charge in [0.05, 0.1) is 6.54 Å². The summed E-state index contributed by atoms with van der Waals surface area (Å²) in [5.41, 5.74) is 5.63. The van der Waals surface area contributed by atoms with Crippen LogP contribution in [-0.4, -0.2) is 40.3 Å². The summed E-state index contributed by atoms with van der Waals surface area (Å²) < 4.78 is 18.5. The molecular weight excluding hydrogens is 223 g/mol. The second-order valence-corrected chi connectivity index (χ2v) is 4.98. The summed E-state index contributed by atoms with van der Waals surface area (Å²) in [6.07, 6.45) is 2.02. The van der Waals surface area contributed by atoms with Crippen molar-refractivity contribution >= 4 is 0 Å². The first-order chi connectivity index (χ1) is 8.26. The van der Waals surface area contributed by atoms with Gasteiger partial charge in [0.15, 0.2) is 5.82 Å². The second kappa shape index (κ2) is 4.34. The highest BCUT2D eigenvalue weighted by molar-refractivity contribution is 5.02. The molecular formula is C11H17FN4O. The molecule has 17 heavy (non-hydrogen) atoms. The van der Waals surface area contributed by atoms with Crippen LogP contribution < -0.4 is 5.73 Å². The molecule has 3 rings (SSSR count). The molecule has 0 amide bonds. The molecule has 0 bridgehead atoms. The highest BCUT2D eigenvalue weighted by Crippen LogP contribution is 2.38. The molecule has 0 unspecified atom stereocenters. The van der Waals surface area contributed by atoms with E-state index in [9.17, 15) is 4.39 Å². The standard InChI is InChI=1S/C11H17FN4O/c12-8-3-9(4-13)16(5-8)6-10-14-11(17-15-10)7-1-2-7/h7-9H,1-6,13H2/t8-,9-/m0/s1. The maximum Gasteiger partial charge on any atom is 0.229 e. The van der Waals surface area contributed by atoms with Crippen molar-refractivity contribution in [3.63, 3.8) is 0 Å². The van der Waals surface area contributed by atoms with Crippen molar-refractivity contribution in [2.45, 2.75) is 43.9 Å². The minimum absolute atomic E-state index is 0.105. The van der Waals surface area contributed by atoms with Crippen molar-refractivity contribution in [1.29, 1.82) is 0 Å². The molecule has 2 aliphatic rings. The van der Waals surface area contributed by atoms with E-state index in [1.54, 1.807) is 0 Å². The average Bonchev–Trinajstić information content (AvgIpc) is 2.96. The fourth-order valence-electron chi connectivity index (χ4n) is 2.37. The number of nitrogens with two attached hydrogens (primary N) is 1. The number of likely N-dealkylation sites (tertiary alicyclic amines) is 1. The molecule has 2 fully saturated rings. The first-order valence-corrected chi connectivity index (χ1v) is 6.17. The molecule has 2 heterocycles. The largest absolute Gasteiger partial charge is 0.339 e. The third-order valence-corrected chi connectivity index (χ3v) is 3.50. The Labute approximate surface area is 99.2 Å². The Kier molecular flexibility index (Phi) is 2.84. The molecule has 94 valence electrons. The van der Waals surface area contributed by atoms with Crippen LogP contribution in [0.25, 0.3) is 0 Å². The Hall–Kier alpha value is -1.01. The van der Waals surface area contributed by atoms with Gasteiger partial charge in [-0.3, -0.25) is 4.90 Å². The van der Waals surface area contributed by atoms with Crippen LogP contribution in [0.5, 0.6) is 0 Å². The van der Waals surface area contributed by atoms with Gasteiger partial charge in [-0.1, -0.05) is 5.16 Å². The van der Waals surface area contributed by atoms with E-state index >= 15 is 0 Å².